The number of aromatic hydroxyl groups is 1. The Labute approximate surface area is 121 Å². The SMILES string of the molecule is CCOC(=O)c1cccc(C(=O)Nc2cccc(O)c2)n1. The molecule has 0 bridgehead atoms. The number of amides is 1. The van der Waals surface area contributed by atoms with Crippen molar-refractivity contribution in [1.82, 2.24) is 4.98 Å². The lowest BCUT2D eigenvalue weighted by atomic mass is 10.2. The smallest absolute Gasteiger partial charge is 0.356 e. The highest BCUT2D eigenvalue weighted by Crippen LogP contribution is 2.16. The molecule has 2 aromatic rings. The van der Waals surface area contributed by atoms with E-state index in [2.05, 4.69) is 10.3 Å². The number of carbonyl (C=O) groups is 2. The summed E-state index contributed by atoms with van der Waals surface area (Å²) in [7, 11) is 0. The van der Waals surface area contributed by atoms with E-state index in [1.54, 1.807) is 25.1 Å². The molecule has 21 heavy (non-hydrogen) atoms. The zero-order valence-corrected chi connectivity index (χ0v) is 11.4. The highest BCUT2D eigenvalue weighted by atomic mass is 16.5. The average Bonchev–Trinajstić information content (AvgIpc) is 2.47. The van der Waals surface area contributed by atoms with E-state index in [4.69, 9.17) is 4.74 Å². The molecule has 0 fully saturated rings. The summed E-state index contributed by atoms with van der Waals surface area (Å²) in [6.07, 6.45) is 0. The fourth-order valence-electron chi connectivity index (χ4n) is 1.66. The normalized spacial score (nSPS) is 9.95. The number of phenolic OH excluding ortho intramolecular Hbond substituents is 1. The second kappa shape index (κ2) is 6.51. The molecule has 1 heterocycles. The van der Waals surface area contributed by atoms with Crippen molar-refractivity contribution in [2.45, 2.75) is 6.92 Å². The highest BCUT2D eigenvalue weighted by molar-refractivity contribution is 6.03. The number of hydrogen-bond donors (Lipinski definition) is 2. The molecule has 0 saturated heterocycles. The largest absolute Gasteiger partial charge is 0.508 e. The zero-order valence-electron chi connectivity index (χ0n) is 11.4. The Morgan fingerprint density at radius 2 is 1.90 bits per heavy atom. The van der Waals surface area contributed by atoms with Gasteiger partial charge in [-0.25, -0.2) is 9.78 Å². The third kappa shape index (κ3) is 3.79. The molecule has 2 rings (SSSR count). The standard InChI is InChI=1S/C15H14N2O4/c1-2-21-15(20)13-8-4-7-12(17-13)14(19)16-10-5-3-6-11(18)9-10/h3-9,18H,2H2,1H3,(H,16,19). The van der Waals surface area contributed by atoms with Crippen molar-refractivity contribution in [3.05, 3.63) is 53.9 Å². The molecule has 0 spiro atoms. The third-order valence-electron chi connectivity index (χ3n) is 2.57. The van der Waals surface area contributed by atoms with Crippen LogP contribution in [-0.4, -0.2) is 28.6 Å². The second-order valence-electron chi connectivity index (χ2n) is 4.13. The molecule has 6 heteroatoms. The Balaban J connectivity index is 2.16. The fraction of sp³-hybridized carbons (Fsp3) is 0.133. The van der Waals surface area contributed by atoms with Crippen LogP contribution in [0, 0.1) is 0 Å². The molecule has 0 atom stereocenters. The summed E-state index contributed by atoms with van der Waals surface area (Å²) in [5.74, 6) is -1.02. The van der Waals surface area contributed by atoms with E-state index < -0.39 is 11.9 Å². The van der Waals surface area contributed by atoms with Crippen molar-refractivity contribution >= 4 is 17.6 Å². The first-order valence-corrected chi connectivity index (χ1v) is 6.34. The van der Waals surface area contributed by atoms with Crippen LogP contribution < -0.4 is 5.32 Å². The minimum absolute atomic E-state index is 0.0426. The topological polar surface area (TPSA) is 88.5 Å². The zero-order chi connectivity index (χ0) is 15.2. The Morgan fingerprint density at radius 1 is 1.19 bits per heavy atom. The van der Waals surface area contributed by atoms with E-state index in [1.165, 1.54) is 24.3 Å². The van der Waals surface area contributed by atoms with Gasteiger partial charge in [-0.3, -0.25) is 4.79 Å². The lowest BCUT2D eigenvalue weighted by Gasteiger charge is -2.06. The van der Waals surface area contributed by atoms with Gasteiger partial charge in [-0.15, -0.1) is 0 Å². The molecule has 108 valence electrons. The van der Waals surface area contributed by atoms with Crippen LogP contribution in [0.2, 0.25) is 0 Å². The van der Waals surface area contributed by atoms with Gasteiger partial charge in [0.1, 0.15) is 17.1 Å². The number of ether oxygens (including phenoxy) is 1. The molecule has 1 amide bonds. The molecule has 0 radical (unpaired) electrons. The van der Waals surface area contributed by atoms with E-state index in [1.807, 2.05) is 0 Å². The van der Waals surface area contributed by atoms with Gasteiger partial charge in [-0.1, -0.05) is 12.1 Å². The molecule has 0 aliphatic heterocycles. The van der Waals surface area contributed by atoms with Gasteiger partial charge in [0.05, 0.1) is 6.61 Å². The number of hydrogen-bond acceptors (Lipinski definition) is 5. The van der Waals surface area contributed by atoms with Gasteiger partial charge in [-0.2, -0.15) is 0 Å². The number of nitrogens with one attached hydrogen (secondary N) is 1. The van der Waals surface area contributed by atoms with Gasteiger partial charge >= 0.3 is 5.97 Å². The summed E-state index contributed by atoms with van der Waals surface area (Å²) in [4.78, 5) is 27.6. The van der Waals surface area contributed by atoms with E-state index in [9.17, 15) is 14.7 Å². The quantitative estimate of drug-likeness (QED) is 0.841. The molecule has 0 aliphatic rings. The lowest BCUT2D eigenvalue weighted by Crippen LogP contribution is -2.16. The number of benzene rings is 1. The van der Waals surface area contributed by atoms with E-state index >= 15 is 0 Å². The van der Waals surface area contributed by atoms with E-state index in [0.29, 0.717) is 5.69 Å². The summed E-state index contributed by atoms with van der Waals surface area (Å²) in [5, 5.41) is 11.9. The Hall–Kier alpha value is -2.89. The Bertz CT molecular complexity index is 670. The maximum atomic E-state index is 12.1. The van der Waals surface area contributed by atoms with Crippen LogP contribution in [0.1, 0.15) is 27.9 Å². The highest BCUT2D eigenvalue weighted by Gasteiger charge is 2.13. The number of aromatic nitrogens is 1. The van der Waals surface area contributed by atoms with Crippen LogP contribution in [-0.2, 0) is 4.74 Å². The third-order valence-corrected chi connectivity index (χ3v) is 2.57. The number of esters is 1. The predicted molar refractivity (Wildman–Crippen MR) is 76.3 cm³/mol. The monoisotopic (exact) mass is 286 g/mol. The molecule has 0 saturated carbocycles. The summed E-state index contributed by atoms with van der Waals surface area (Å²) in [5.41, 5.74) is 0.590. The number of rotatable bonds is 4. The molecule has 0 aliphatic carbocycles. The lowest BCUT2D eigenvalue weighted by molar-refractivity contribution is 0.0519. The van der Waals surface area contributed by atoms with Gasteiger partial charge in [0.15, 0.2) is 0 Å². The van der Waals surface area contributed by atoms with Crippen LogP contribution in [0.15, 0.2) is 42.5 Å². The number of phenols is 1. The van der Waals surface area contributed by atoms with E-state index in [-0.39, 0.29) is 23.7 Å². The van der Waals surface area contributed by atoms with Crippen LogP contribution in [0.4, 0.5) is 5.69 Å². The van der Waals surface area contributed by atoms with Crippen LogP contribution >= 0.6 is 0 Å². The number of carbonyl (C=O) groups excluding carboxylic acids is 2. The predicted octanol–water partition coefficient (Wildman–Crippen LogP) is 2.22. The van der Waals surface area contributed by atoms with Crippen molar-refractivity contribution in [1.29, 1.82) is 0 Å². The summed E-state index contributed by atoms with van der Waals surface area (Å²) >= 11 is 0. The first-order chi connectivity index (χ1) is 10.1. The van der Waals surface area contributed by atoms with Crippen LogP contribution in [0.5, 0.6) is 5.75 Å². The number of pyridine rings is 1. The van der Waals surface area contributed by atoms with Crippen molar-refractivity contribution in [2.24, 2.45) is 0 Å². The van der Waals surface area contributed by atoms with Gasteiger partial charge < -0.3 is 15.2 Å². The van der Waals surface area contributed by atoms with Crippen molar-refractivity contribution in [2.75, 3.05) is 11.9 Å². The minimum atomic E-state index is -0.579. The Kier molecular flexibility index (Phi) is 4.50. The van der Waals surface area contributed by atoms with Gasteiger partial charge in [-0.05, 0) is 31.2 Å². The Morgan fingerprint density at radius 3 is 2.62 bits per heavy atom. The maximum Gasteiger partial charge on any atom is 0.356 e. The first-order valence-electron chi connectivity index (χ1n) is 6.34. The molecule has 0 unspecified atom stereocenters. The second-order valence-corrected chi connectivity index (χ2v) is 4.13. The molecule has 2 N–H and O–H groups in total. The van der Waals surface area contributed by atoms with Crippen molar-refractivity contribution in [3.8, 4) is 5.75 Å². The molecule has 1 aromatic carbocycles. The molecular formula is C15H14N2O4. The van der Waals surface area contributed by atoms with Crippen LogP contribution in [0.3, 0.4) is 0 Å². The van der Waals surface area contributed by atoms with Crippen molar-refractivity contribution < 1.29 is 19.4 Å². The molecule has 6 nitrogen and oxygen atoms in total. The van der Waals surface area contributed by atoms with Gasteiger partial charge in [0, 0.05) is 11.8 Å². The van der Waals surface area contributed by atoms with Gasteiger partial charge in [0.2, 0.25) is 0 Å². The summed E-state index contributed by atoms with van der Waals surface area (Å²) in [6, 6.07) is 10.7. The number of nitrogens with zero attached hydrogens (tertiary/aromatic N) is 1. The van der Waals surface area contributed by atoms with Gasteiger partial charge in [0.25, 0.3) is 5.91 Å². The summed E-state index contributed by atoms with van der Waals surface area (Å²) < 4.78 is 4.83. The fourth-order valence-corrected chi connectivity index (χ4v) is 1.66. The van der Waals surface area contributed by atoms with E-state index in [0.717, 1.165) is 0 Å². The first kappa shape index (κ1) is 14.5. The molecule has 1 aromatic heterocycles. The molecular weight excluding hydrogens is 272 g/mol. The minimum Gasteiger partial charge on any atom is -0.508 e. The number of anilines is 1. The maximum absolute atomic E-state index is 12.1. The van der Waals surface area contributed by atoms with Crippen LogP contribution in [0.25, 0.3) is 0 Å². The van der Waals surface area contributed by atoms with Crippen molar-refractivity contribution in [3.63, 3.8) is 0 Å². The average molecular weight is 286 g/mol. The summed E-state index contributed by atoms with van der Waals surface area (Å²) in [6.45, 7) is 1.93.